The number of aromatic nitrogens is 1. The lowest BCUT2D eigenvalue weighted by atomic mass is 10.1. The van der Waals surface area contributed by atoms with E-state index >= 15 is 0 Å². The molecule has 1 aromatic carbocycles. The molecule has 2 amide bonds. The Labute approximate surface area is 171 Å². The molecule has 1 unspecified atom stereocenters. The summed E-state index contributed by atoms with van der Waals surface area (Å²) < 4.78 is 0. The number of fused-ring (bicyclic) bond motifs is 1. The quantitative estimate of drug-likeness (QED) is 0.498. The Kier molecular flexibility index (Phi) is 7.12. The number of carbonyl (C=O) groups excluding carboxylic acids is 1. The fourth-order valence-corrected chi connectivity index (χ4v) is 4.50. The number of thiophene rings is 1. The average Bonchev–Trinajstić information content (AvgIpc) is 3.33. The molecule has 2 heterocycles. The van der Waals surface area contributed by atoms with E-state index in [1.54, 1.807) is 11.3 Å². The fourth-order valence-electron chi connectivity index (χ4n) is 3.80. The molecule has 3 rings (SSSR count). The highest BCUT2D eigenvalue weighted by molar-refractivity contribution is 7.07. The van der Waals surface area contributed by atoms with E-state index < -0.39 is 0 Å². The number of amides is 2. The molecule has 0 radical (unpaired) electrons. The molecule has 0 aliphatic carbocycles. The summed E-state index contributed by atoms with van der Waals surface area (Å²) >= 11 is 1.70. The van der Waals surface area contributed by atoms with Crippen LogP contribution >= 0.6 is 11.3 Å². The molecular formula is C22H30N4OS. The van der Waals surface area contributed by atoms with Crippen molar-refractivity contribution in [2.75, 3.05) is 26.2 Å². The molecule has 3 aromatic rings. The highest BCUT2D eigenvalue weighted by Crippen LogP contribution is 2.23. The van der Waals surface area contributed by atoms with E-state index in [9.17, 15) is 4.79 Å². The second kappa shape index (κ2) is 9.75. The first kappa shape index (κ1) is 20.4. The summed E-state index contributed by atoms with van der Waals surface area (Å²) in [4.78, 5) is 18.1. The first-order valence-electron chi connectivity index (χ1n) is 9.98. The molecule has 0 saturated heterocycles. The van der Waals surface area contributed by atoms with Crippen LogP contribution in [0.15, 0.2) is 41.1 Å². The van der Waals surface area contributed by atoms with E-state index in [1.807, 2.05) is 6.07 Å². The van der Waals surface area contributed by atoms with Crippen LogP contribution in [-0.4, -0.2) is 42.1 Å². The molecular weight excluding hydrogens is 368 g/mol. The van der Waals surface area contributed by atoms with Crippen molar-refractivity contribution in [3.63, 3.8) is 0 Å². The van der Waals surface area contributed by atoms with E-state index in [0.29, 0.717) is 13.1 Å². The maximum absolute atomic E-state index is 12.3. The van der Waals surface area contributed by atoms with Crippen LogP contribution in [0.4, 0.5) is 4.79 Å². The van der Waals surface area contributed by atoms with Crippen LogP contribution in [0.5, 0.6) is 0 Å². The van der Waals surface area contributed by atoms with Crippen molar-refractivity contribution in [3.05, 3.63) is 57.9 Å². The zero-order valence-corrected chi connectivity index (χ0v) is 17.7. The van der Waals surface area contributed by atoms with Gasteiger partial charge in [0.05, 0.1) is 6.04 Å². The molecule has 0 bridgehead atoms. The van der Waals surface area contributed by atoms with Crippen LogP contribution in [0.2, 0.25) is 0 Å². The molecule has 3 N–H and O–H groups in total. The average molecular weight is 399 g/mol. The van der Waals surface area contributed by atoms with Crippen molar-refractivity contribution in [2.24, 2.45) is 0 Å². The summed E-state index contributed by atoms with van der Waals surface area (Å²) in [7, 11) is 0. The van der Waals surface area contributed by atoms with Crippen molar-refractivity contribution in [1.82, 2.24) is 20.5 Å². The standard InChI is InChI=1S/C22H30N4OS/c1-4-26(5-2)21(17-11-13-28-15-17)14-24-22(27)23-12-10-18-16(3)25-20-9-7-6-8-19(18)20/h6-9,11,13,15,21,25H,4-5,10,12,14H2,1-3H3,(H2,23,24,27). The summed E-state index contributed by atoms with van der Waals surface area (Å²) in [5.74, 6) is 0. The third-order valence-corrected chi connectivity index (χ3v) is 6.03. The minimum atomic E-state index is -0.107. The van der Waals surface area contributed by atoms with Gasteiger partial charge in [-0.05, 0) is 60.5 Å². The number of hydrogen-bond acceptors (Lipinski definition) is 3. The predicted octanol–water partition coefficient (Wildman–Crippen LogP) is 4.46. The topological polar surface area (TPSA) is 60.2 Å². The van der Waals surface area contributed by atoms with Crippen LogP contribution < -0.4 is 10.6 Å². The second-order valence-electron chi connectivity index (χ2n) is 6.95. The lowest BCUT2D eigenvalue weighted by Gasteiger charge is -2.29. The Morgan fingerprint density at radius 2 is 1.96 bits per heavy atom. The first-order valence-corrected chi connectivity index (χ1v) is 10.9. The lowest BCUT2D eigenvalue weighted by molar-refractivity contribution is 0.206. The van der Waals surface area contributed by atoms with Gasteiger partial charge in [0.15, 0.2) is 0 Å². The van der Waals surface area contributed by atoms with Crippen LogP contribution in [0.1, 0.15) is 36.7 Å². The van der Waals surface area contributed by atoms with Crippen LogP contribution in [0.25, 0.3) is 10.9 Å². The number of aromatic amines is 1. The highest BCUT2D eigenvalue weighted by atomic mass is 32.1. The smallest absolute Gasteiger partial charge is 0.314 e. The van der Waals surface area contributed by atoms with Crippen molar-refractivity contribution in [3.8, 4) is 0 Å². The summed E-state index contributed by atoms with van der Waals surface area (Å²) in [5, 5.41) is 11.6. The molecule has 0 aliphatic heterocycles. The molecule has 5 nitrogen and oxygen atoms in total. The minimum absolute atomic E-state index is 0.107. The van der Waals surface area contributed by atoms with Gasteiger partial charge >= 0.3 is 6.03 Å². The Bertz CT molecular complexity index is 883. The van der Waals surface area contributed by atoms with Gasteiger partial charge in [0.25, 0.3) is 0 Å². The number of hydrogen-bond donors (Lipinski definition) is 3. The number of carbonyl (C=O) groups is 1. The number of para-hydroxylation sites is 1. The number of urea groups is 1. The summed E-state index contributed by atoms with van der Waals surface area (Å²) in [6, 6.07) is 10.6. The molecule has 0 aliphatic rings. The maximum Gasteiger partial charge on any atom is 0.314 e. The van der Waals surface area contributed by atoms with Gasteiger partial charge in [-0.2, -0.15) is 11.3 Å². The van der Waals surface area contributed by atoms with Gasteiger partial charge in [0, 0.05) is 29.7 Å². The Morgan fingerprint density at radius 3 is 2.68 bits per heavy atom. The van der Waals surface area contributed by atoms with Crippen LogP contribution in [0.3, 0.4) is 0 Å². The van der Waals surface area contributed by atoms with Crippen LogP contribution in [0, 0.1) is 6.92 Å². The number of rotatable bonds is 9. The van der Waals surface area contributed by atoms with Gasteiger partial charge in [0.1, 0.15) is 0 Å². The summed E-state index contributed by atoms with van der Waals surface area (Å²) in [6.45, 7) is 9.55. The van der Waals surface area contributed by atoms with Crippen molar-refractivity contribution >= 4 is 28.3 Å². The molecule has 0 saturated carbocycles. The normalized spacial score (nSPS) is 12.4. The van der Waals surface area contributed by atoms with Gasteiger partial charge in [-0.25, -0.2) is 4.79 Å². The maximum atomic E-state index is 12.3. The number of H-pyrrole nitrogens is 1. The highest BCUT2D eigenvalue weighted by Gasteiger charge is 2.19. The zero-order valence-electron chi connectivity index (χ0n) is 16.9. The Morgan fingerprint density at radius 1 is 1.18 bits per heavy atom. The van der Waals surface area contributed by atoms with E-state index in [-0.39, 0.29) is 12.1 Å². The molecule has 150 valence electrons. The van der Waals surface area contributed by atoms with Crippen molar-refractivity contribution in [1.29, 1.82) is 0 Å². The lowest BCUT2D eigenvalue weighted by Crippen LogP contribution is -2.42. The number of benzene rings is 1. The van der Waals surface area contributed by atoms with Crippen molar-refractivity contribution < 1.29 is 4.79 Å². The molecule has 0 fully saturated rings. The first-order chi connectivity index (χ1) is 13.6. The second-order valence-corrected chi connectivity index (χ2v) is 7.73. The predicted molar refractivity (Wildman–Crippen MR) is 118 cm³/mol. The zero-order chi connectivity index (χ0) is 19.9. The molecule has 28 heavy (non-hydrogen) atoms. The Hall–Kier alpha value is -2.31. The fraction of sp³-hybridized carbons (Fsp3) is 0.409. The molecule has 6 heteroatoms. The van der Waals surface area contributed by atoms with Crippen molar-refractivity contribution in [2.45, 2.75) is 33.2 Å². The van der Waals surface area contributed by atoms with E-state index in [0.717, 1.165) is 25.0 Å². The van der Waals surface area contributed by atoms with E-state index in [2.05, 4.69) is 76.3 Å². The van der Waals surface area contributed by atoms with Crippen LogP contribution in [-0.2, 0) is 6.42 Å². The monoisotopic (exact) mass is 398 g/mol. The van der Waals surface area contributed by atoms with Gasteiger partial charge in [-0.3, -0.25) is 4.90 Å². The number of nitrogens with zero attached hydrogens (tertiary/aromatic N) is 1. The third-order valence-electron chi connectivity index (χ3n) is 5.32. The third kappa shape index (κ3) is 4.75. The van der Waals surface area contributed by atoms with E-state index in [1.165, 1.54) is 22.2 Å². The largest absolute Gasteiger partial charge is 0.358 e. The molecule has 0 spiro atoms. The number of nitrogens with one attached hydrogen (secondary N) is 3. The summed E-state index contributed by atoms with van der Waals surface area (Å²) in [5.41, 5.74) is 4.86. The van der Waals surface area contributed by atoms with Gasteiger partial charge in [-0.15, -0.1) is 0 Å². The summed E-state index contributed by atoms with van der Waals surface area (Å²) in [6.07, 6.45) is 0.813. The molecule has 1 atom stereocenters. The van der Waals surface area contributed by atoms with Gasteiger partial charge in [-0.1, -0.05) is 32.0 Å². The Balaban J connectivity index is 1.53. The van der Waals surface area contributed by atoms with E-state index in [4.69, 9.17) is 0 Å². The molecule has 2 aromatic heterocycles. The SMILES string of the molecule is CCN(CC)C(CNC(=O)NCCc1c(C)[nH]c2ccccc12)c1ccsc1. The number of likely N-dealkylation sites (N-methyl/N-ethyl adjacent to an activating group) is 1. The number of aryl methyl sites for hydroxylation is 1. The minimum Gasteiger partial charge on any atom is -0.358 e. The van der Waals surface area contributed by atoms with Gasteiger partial charge in [0.2, 0.25) is 0 Å². The van der Waals surface area contributed by atoms with Gasteiger partial charge < -0.3 is 15.6 Å².